The Hall–Kier alpha value is -2.32. The molecule has 1 N–H and O–H groups in total. The van der Waals surface area contributed by atoms with Crippen LogP contribution >= 0.6 is 27.5 Å². The molecule has 0 aliphatic rings. The van der Waals surface area contributed by atoms with Gasteiger partial charge in [0, 0.05) is 27.4 Å². The van der Waals surface area contributed by atoms with Crippen LogP contribution in [0.15, 0.2) is 46.3 Å². The number of hydrogen-bond acceptors (Lipinski definition) is 4. The topological polar surface area (TPSA) is 59.4 Å². The lowest BCUT2D eigenvalue weighted by atomic mass is 10.1. The quantitative estimate of drug-likeness (QED) is 0.516. The smallest absolute Gasteiger partial charge is 0.303 e. The van der Waals surface area contributed by atoms with Crippen molar-refractivity contribution in [1.29, 1.82) is 0 Å². The number of aryl methyl sites for hydroxylation is 1. The number of carboxylic acid groups (broad SMARTS) is 1. The summed E-state index contributed by atoms with van der Waals surface area (Å²) in [5.74, 6) is -3.23. The molecule has 0 saturated carbocycles. The summed E-state index contributed by atoms with van der Waals surface area (Å²) in [6.45, 7) is -0.0375. The van der Waals surface area contributed by atoms with E-state index in [9.17, 15) is 13.6 Å². The van der Waals surface area contributed by atoms with E-state index in [1.807, 2.05) is 24.3 Å². The molecule has 140 valence electrons. The van der Waals surface area contributed by atoms with Gasteiger partial charge in [-0.15, -0.1) is 0 Å². The first-order valence-electron chi connectivity index (χ1n) is 7.95. The predicted octanol–water partition coefficient (Wildman–Crippen LogP) is 5.45. The normalized spacial score (nSPS) is 10.8. The highest BCUT2D eigenvalue weighted by Crippen LogP contribution is 2.29. The molecule has 0 fully saturated rings. The maximum Gasteiger partial charge on any atom is 0.303 e. The van der Waals surface area contributed by atoms with Crippen molar-refractivity contribution in [2.24, 2.45) is 0 Å². The Morgan fingerprint density at radius 3 is 2.48 bits per heavy atom. The lowest BCUT2D eigenvalue weighted by Gasteiger charge is -2.10. The molecule has 2 aromatic carbocycles. The van der Waals surface area contributed by atoms with Crippen molar-refractivity contribution in [2.45, 2.75) is 19.4 Å². The molecule has 0 unspecified atom stereocenters. The third kappa shape index (κ3) is 4.90. The summed E-state index contributed by atoms with van der Waals surface area (Å²) in [6, 6.07) is 9.75. The molecule has 4 nitrogen and oxygen atoms in total. The van der Waals surface area contributed by atoms with E-state index in [1.165, 1.54) is 11.5 Å². The molecule has 0 spiro atoms. The van der Waals surface area contributed by atoms with Crippen LogP contribution in [0.4, 0.5) is 8.78 Å². The van der Waals surface area contributed by atoms with Gasteiger partial charge in [-0.3, -0.25) is 4.79 Å². The standard InChI is InChI=1S/C19H14BrF2NO3S/c20-14-4-2-12(3-5-14)18-13(10-27-23-18)9-26-19-15(21)7-11(8-16(19)22)1-6-17(24)25/h2-5,7-8,10H,1,6,9H2,(H,24,25). The number of rotatable bonds is 7. The average molecular weight is 454 g/mol. The second-order valence-corrected chi connectivity index (χ2v) is 7.31. The second-order valence-electron chi connectivity index (χ2n) is 5.77. The van der Waals surface area contributed by atoms with Crippen LogP contribution in [0.5, 0.6) is 5.75 Å². The van der Waals surface area contributed by atoms with Crippen LogP contribution in [0, 0.1) is 11.6 Å². The van der Waals surface area contributed by atoms with Gasteiger partial charge in [0.2, 0.25) is 0 Å². The van der Waals surface area contributed by atoms with E-state index < -0.39 is 23.4 Å². The molecule has 0 radical (unpaired) electrons. The number of ether oxygens (including phenoxy) is 1. The minimum Gasteiger partial charge on any atom is -0.483 e. The largest absolute Gasteiger partial charge is 0.483 e. The molecule has 3 rings (SSSR count). The predicted molar refractivity (Wildman–Crippen MR) is 102 cm³/mol. The first-order chi connectivity index (χ1) is 12.9. The lowest BCUT2D eigenvalue weighted by molar-refractivity contribution is -0.136. The van der Waals surface area contributed by atoms with Crippen molar-refractivity contribution in [1.82, 2.24) is 4.37 Å². The molecule has 3 aromatic rings. The maximum atomic E-state index is 14.2. The van der Waals surface area contributed by atoms with Crippen LogP contribution in [0.3, 0.4) is 0 Å². The van der Waals surface area contributed by atoms with Gasteiger partial charge in [-0.05, 0) is 47.8 Å². The highest BCUT2D eigenvalue weighted by Gasteiger charge is 2.16. The van der Waals surface area contributed by atoms with Crippen molar-refractivity contribution in [2.75, 3.05) is 0 Å². The first-order valence-corrected chi connectivity index (χ1v) is 9.58. The fourth-order valence-electron chi connectivity index (χ4n) is 2.50. The lowest BCUT2D eigenvalue weighted by Crippen LogP contribution is -2.03. The van der Waals surface area contributed by atoms with Crippen LogP contribution in [-0.4, -0.2) is 15.4 Å². The number of halogens is 3. The van der Waals surface area contributed by atoms with Crippen LogP contribution in [0.25, 0.3) is 11.3 Å². The van der Waals surface area contributed by atoms with Crippen LogP contribution in [0.2, 0.25) is 0 Å². The number of hydrogen-bond donors (Lipinski definition) is 1. The van der Waals surface area contributed by atoms with Gasteiger partial charge in [-0.1, -0.05) is 28.1 Å². The van der Waals surface area contributed by atoms with Crippen molar-refractivity contribution in [3.63, 3.8) is 0 Å². The van der Waals surface area contributed by atoms with Crippen LogP contribution in [-0.2, 0) is 17.8 Å². The minimum atomic E-state index is -1.03. The van der Waals surface area contributed by atoms with Gasteiger partial charge < -0.3 is 9.84 Å². The Morgan fingerprint density at radius 2 is 1.85 bits per heavy atom. The molecule has 0 aliphatic heterocycles. The summed E-state index contributed by atoms with van der Waals surface area (Å²) in [4.78, 5) is 10.6. The van der Waals surface area contributed by atoms with Gasteiger partial charge in [0.15, 0.2) is 17.4 Å². The van der Waals surface area contributed by atoms with Gasteiger partial charge in [-0.25, -0.2) is 8.78 Å². The van der Waals surface area contributed by atoms with Crippen molar-refractivity contribution in [3.05, 3.63) is 69.0 Å². The number of aromatic nitrogens is 1. The first kappa shape index (κ1) is 19.4. The third-order valence-corrected chi connectivity index (χ3v) is 5.02. The molecular formula is C19H14BrF2NO3S. The van der Waals surface area contributed by atoms with Crippen molar-refractivity contribution in [3.8, 4) is 17.0 Å². The Labute approximate surface area is 166 Å². The van der Waals surface area contributed by atoms with Gasteiger partial charge in [0.1, 0.15) is 6.61 Å². The van der Waals surface area contributed by atoms with E-state index >= 15 is 0 Å². The average Bonchev–Trinajstić information content (AvgIpc) is 3.08. The van der Waals surface area contributed by atoms with Gasteiger partial charge in [0.25, 0.3) is 0 Å². The van der Waals surface area contributed by atoms with Gasteiger partial charge >= 0.3 is 5.97 Å². The highest BCUT2D eigenvalue weighted by molar-refractivity contribution is 9.10. The second kappa shape index (κ2) is 8.58. The summed E-state index contributed by atoms with van der Waals surface area (Å²) in [5, 5.41) is 10.4. The Morgan fingerprint density at radius 1 is 1.19 bits per heavy atom. The van der Waals surface area contributed by atoms with E-state index in [-0.39, 0.29) is 25.0 Å². The molecule has 0 bridgehead atoms. The molecule has 0 saturated heterocycles. The van der Waals surface area contributed by atoms with Crippen LogP contribution in [0.1, 0.15) is 17.5 Å². The maximum absolute atomic E-state index is 14.2. The molecule has 0 atom stereocenters. The fraction of sp³-hybridized carbons (Fsp3) is 0.158. The molecule has 1 heterocycles. The summed E-state index contributed by atoms with van der Waals surface area (Å²) in [6.07, 6.45) is -0.151. The highest BCUT2D eigenvalue weighted by atomic mass is 79.9. The number of benzene rings is 2. The number of nitrogens with zero attached hydrogens (tertiary/aromatic N) is 1. The zero-order valence-corrected chi connectivity index (χ0v) is 16.3. The summed E-state index contributed by atoms with van der Waals surface area (Å²) in [5.41, 5.74) is 2.57. The Kier molecular flexibility index (Phi) is 6.18. The van der Waals surface area contributed by atoms with Gasteiger partial charge in [0.05, 0.1) is 5.69 Å². The SMILES string of the molecule is O=C(O)CCc1cc(F)c(OCc2csnc2-c2ccc(Br)cc2)c(F)c1. The molecular weight excluding hydrogens is 440 g/mol. The zero-order chi connectivity index (χ0) is 19.4. The minimum absolute atomic E-state index is 0.0375. The van der Waals surface area contributed by atoms with E-state index in [4.69, 9.17) is 9.84 Å². The summed E-state index contributed by atoms with van der Waals surface area (Å²) >= 11 is 4.61. The third-order valence-electron chi connectivity index (χ3n) is 3.82. The molecule has 0 amide bonds. The van der Waals surface area contributed by atoms with Crippen molar-refractivity contribution >= 4 is 33.4 Å². The van der Waals surface area contributed by atoms with Crippen molar-refractivity contribution < 1.29 is 23.4 Å². The van der Waals surface area contributed by atoms with E-state index in [0.29, 0.717) is 5.69 Å². The fourth-order valence-corrected chi connectivity index (χ4v) is 3.45. The number of carboxylic acids is 1. The van der Waals surface area contributed by atoms with Gasteiger partial charge in [-0.2, -0.15) is 4.37 Å². The van der Waals surface area contributed by atoms with E-state index in [0.717, 1.165) is 27.7 Å². The monoisotopic (exact) mass is 453 g/mol. The number of carbonyl (C=O) groups is 1. The molecule has 8 heteroatoms. The summed E-state index contributed by atoms with van der Waals surface area (Å²) < 4.78 is 39.0. The molecule has 0 aliphatic carbocycles. The van der Waals surface area contributed by atoms with E-state index in [2.05, 4.69) is 20.3 Å². The Bertz CT molecular complexity index is 937. The molecule has 27 heavy (non-hydrogen) atoms. The van der Waals surface area contributed by atoms with E-state index in [1.54, 1.807) is 5.38 Å². The Balaban J connectivity index is 1.75. The zero-order valence-electron chi connectivity index (χ0n) is 13.9. The number of aliphatic carboxylic acids is 1. The summed E-state index contributed by atoms with van der Waals surface area (Å²) in [7, 11) is 0. The molecule has 1 aromatic heterocycles. The van der Waals surface area contributed by atoms with Crippen LogP contribution < -0.4 is 4.74 Å².